The molecule has 0 saturated carbocycles. The molecule has 0 radical (unpaired) electrons. The van der Waals surface area contributed by atoms with Gasteiger partial charge < -0.3 is 0 Å². The number of nitrogens with zero attached hydrogens (tertiary/aromatic N) is 1. The maximum absolute atomic E-state index is 12.0. The summed E-state index contributed by atoms with van der Waals surface area (Å²) in [5, 5.41) is 0.00266. The van der Waals surface area contributed by atoms with Crippen LogP contribution in [0, 0.1) is 0 Å². The molecule has 0 N–H and O–H groups in total. The number of hydrogen-bond acceptors (Lipinski definition) is 2. The van der Waals surface area contributed by atoms with E-state index in [2.05, 4.69) is 4.98 Å². The van der Waals surface area contributed by atoms with Gasteiger partial charge in [-0.15, -0.1) is 22.9 Å². The predicted octanol–water partition coefficient (Wildman–Crippen LogP) is 3.46. The van der Waals surface area contributed by atoms with Gasteiger partial charge >= 0.3 is 6.18 Å². The van der Waals surface area contributed by atoms with E-state index in [9.17, 15) is 13.2 Å². The third kappa shape index (κ3) is 2.10. The second-order valence-electron chi connectivity index (χ2n) is 2.19. The van der Waals surface area contributed by atoms with Crippen LogP contribution in [-0.4, -0.2) is 4.98 Å². The van der Waals surface area contributed by atoms with Gasteiger partial charge in [0, 0.05) is 5.38 Å². The zero-order chi connectivity index (χ0) is 9.35. The molecule has 0 aliphatic rings. The summed E-state index contributed by atoms with van der Waals surface area (Å²) in [6.07, 6.45) is -4.35. The number of thiazole rings is 1. The van der Waals surface area contributed by atoms with E-state index in [4.69, 9.17) is 11.6 Å². The third-order valence-electron chi connectivity index (χ3n) is 1.17. The summed E-state index contributed by atoms with van der Waals surface area (Å²) in [6, 6.07) is 0. The first-order valence-electron chi connectivity index (χ1n) is 3.08. The molecule has 0 fully saturated rings. The van der Waals surface area contributed by atoms with Crippen molar-refractivity contribution in [3.8, 4) is 0 Å². The van der Waals surface area contributed by atoms with Gasteiger partial charge in [-0.1, -0.05) is 0 Å². The van der Waals surface area contributed by atoms with E-state index in [1.54, 1.807) is 6.92 Å². The highest BCUT2D eigenvalue weighted by Gasteiger charge is 2.34. The van der Waals surface area contributed by atoms with E-state index >= 15 is 0 Å². The van der Waals surface area contributed by atoms with Crippen molar-refractivity contribution in [1.29, 1.82) is 0 Å². The Hall–Kier alpha value is -0.290. The van der Waals surface area contributed by atoms with Crippen LogP contribution in [0.3, 0.4) is 0 Å². The summed E-state index contributed by atoms with van der Waals surface area (Å²) in [5.41, 5.74) is 0.272. The third-order valence-corrected chi connectivity index (χ3v) is 2.30. The molecule has 0 bridgehead atoms. The first-order valence-corrected chi connectivity index (χ1v) is 4.39. The minimum atomic E-state index is -4.35. The topological polar surface area (TPSA) is 12.9 Å². The Balaban J connectivity index is 2.92. The predicted molar refractivity (Wildman–Crippen MR) is 41.4 cm³/mol. The lowest BCUT2D eigenvalue weighted by Crippen LogP contribution is -2.04. The fraction of sp³-hybridized carbons (Fsp3) is 0.500. The maximum Gasteiger partial charge on any atom is 0.443 e. The van der Waals surface area contributed by atoms with Gasteiger partial charge in [0.2, 0.25) is 0 Å². The molecule has 1 atom stereocenters. The lowest BCUT2D eigenvalue weighted by Gasteiger charge is -1.99. The van der Waals surface area contributed by atoms with Crippen LogP contribution in [0.15, 0.2) is 5.38 Å². The molecular formula is C6H5ClF3NS. The Kier molecular flexibility index (Phi) is 2.63. The van der Waals surface area contributed by atoms with Crippen molar-refractivity contribution in [2.24, 2.45) is 0 Å². The molecule has 0 spiro atoms. The molecule has 12 heavy (non-hydrogen) atoms. The Labute approximate surface area is 76.2 Å². The monoisotopic (exact) mass is 215 g/mol. The summed E-state index contributed by atoms with van der Waals surface area (Å²) < 4.78 is 35.9. The number of rotatable bonds is 1. The molecule has 1 aromatic rings. The van der Waals surface area contributed by atoms with E-state index in [-0.39, 0.29) is 5.69 Å². The van der Waals surface area contributed by atoms with Crippen molar-refractivity contribution in [3.05, 3.63) is 16.1 Å². The fourth-order valence-electron chi connectivity index (χ4n) is 0.599. The molecule has 6 heteroatoms. The summed E-state index contributed by atoms with van der Waals surface area (Å²) in [5.74, 6) is 0. The van der Waals surface area contributed by atoms with E-state index < -0.39 is 16.6 Å². The molecule has 0 aliphatic heterocycles. The van der Waals surface area contributed by atoms with Gasteiger partial charge in [-0.05, 0) is 6.92 Å². The zero-order valence-corrected chi connectivity index (χ0v) is 7.59. The molecule has 1 unspecified atom stereocenters. The summed E-state index contributed by atoms with van der Waals surface area (Å²) in [7, 11) is 0. The number of aromatic nitrogens is 1. The van der Waals surface area contributed by atoms with E-state index in [0.29, 0.717) is 11.3 Å². The molecule has 1 rings (SSSR count). The minimum absolute atomic E-state index is 0.272. The highest BCUT2D eigenvalue weighted by molar-refractivity contribution is 7.09. The van der Waals surface area contributed by atoms with Crippen molar-refractivity contribution in [2.45, 2.75) is 18.5 Å². The number of halogens is 4. The maximum atomic E-state index is 12.0. The van der Waals surface area contributed by atoms with Crippen LogP contribution in [-0.2, 0) is 6.18 Å². The van der Waals surface area contributed by atoms with Crippen LogP contribution in [0.1, 0.15) is 23.0 Å². The van der Waals surface area contributed by atoms with Crippen LogP contribution >= 0.6 is 22.9 Å². The quantitative estimate of drug-likeness (QED) is 0.654. The molecule has 1 heterocycles. The second kappa shape index (κ2) is 3.22. The molecule has 68 valence electrons. The lowest BCUT2D eigenvalue weighted by atomic mass is 10.4. The normalized spacial score (nSPS) is 14.8. The lowest BCUT2D eigenvalue weighted by molar-refractivity contribution is -0.137. The van der Waals surface area contributed by atoms with E-state index in [1.165, 1.54) is 5.38 Å². The van der Waals surface area contributed by atoms with Crippen molar-refractivity contribution in [3.63, 3.8) is 0 Å². The van der Waals surface area contributed by atoms with Gasteiger partial charge in [0.05, 0.1) is 11.1 Å². The Morgan fingerprint density at radius 2 is 2.17 bits per heavy atom. The van der Waals surface area contributed by atoms with Crippen LogP contribution in [0.4, 0.5) is 13.2 Å². The smallest absolute Gasteiger partial charge is 0.236 e. The fourth-order valence-corrected chi connectivity index (χ4v) is 1.57. The van der Waals surface area contributed by atoms with Crippen LogP contribution in [0.5, 0.6) is 0 Å². The largest absolute Gasteiger partial charge is 0.443 e. The van der Waals surface area contributed by atoms with Crippen molar-refractivity contribution >= 4 is 22.9 Å². The van der Waals surface area contributed by atoms with Crippen molar-refractivity contribution < 1.29 is 13.2 Å². The summed E-state index contributed by atoms with van der Waals surface area (Å²) in [4.78, 5) is 3.34. The van der Waals surface area contributed by atoms with Gasteiger partial charge in [-0.2, -0.15) is 13.2 Å². The second-order valence-corrected chi connectivity index (χ2v) is 3.70. The SMILES string of the molecule is CC(Cl)c1csc(C(F)(F)F)n1. The van der Waals surface area contributed by atoms with Gasteiger partial charge in [-0.25, -0.2) is 4.98 Å². The standard InChI is InChI=1S/C6H5ClF3NS/c1-3(7)4-2-12-5(11-4)6(8,9)10/h2-3H,1H3. The average Bonchev–Trinajstić information content (AvgIpc) is 2.30. The first kappa shape index (κ1) is 9.80. The highest BCUT2D eigenvalue weighted by atomic mass is 35.5. The van der Waals surface area contributed by atoms with E-state index in [1.807, 2.05) is 0 Å². The van der Waals surface area contributed by atoms with Crippen LogP contribution in [0.25, 0.3) is 0 Å². The minimum Gasteiger partial charge on any atom is -0.236 e. The van der Waals surface area contributed by atoms with Gasteiger partial charge in [0.1, 0.15) is 0 Å². The van der Waals surface area contributed by atoms with E-state index in [0.717, 1.165) is 0 Å². The Bertz CT molecular complexity index is 268. The summed E-state index contributed by atoms with van der Waals surface area (Å²) >= 11 is 6.11. The molecule has 0 aliphatic carbocycles. The van der Waals surface area contributed by atoms with Crippen molar-refractivity contribution in [2.75, 3.05) is 0 Å². The van der Waals surface area contributed by atoms with Crippen LogP contribution in [0.2, 0.25) is 0 Å². The van der Waals surface area contributed by atoms with Gasteiger partial charge in [-0.3, -0.25) is 0 Å². The van der Waals surface area contributed by atoms with Crippen molar-refractivity contribution in [1.82, 2.24) is 4.98 Å². The van der Waals surface area contributed by atoms with Gasteiger partial charge in [0.15, 0.2) is 5.01 Å². The molecule has 0 aromatic carbocycles. The summed E-state index contributed by atoms with van der Waals surface area (Å²) in [6.45, 7) is 1.58. The van der Waals surface area contributed by atoms with Crippen LogP contribution < -0.4 is 0 Å². The molecule has 1 aromatic heterocycles. The zero-order valence-electron chi connectivity index (χ0n) is 6.02. The molecule has 1 nitrogen and oxygen atoms in total. The highest BCUT2D eigenvalue weighted by Crippen LogP contribution is 2.33. The molecular weight excluding hydrogens is 211 g/mol. The molecule has 0 saturated heterocycles. The van der Waals surface area contributed by atoms with Gasteiger partial charge in [0.25, 0.3) is 0 Å². The Morgan fingerprint density at radius 3 is 2.42 bits per heavy atom. The first-order chi connectivity index (χ1) is 5.41. The average molecular weight is 216 g/mol. The Morgan fingerprint density at radius 1 is 1.58 bits per heavy atom. The number of hydrogen-bond donors (Lipinski definition) is 0. The number of alkyl halides is 4. The molecule has 0 amide bonds.